The first kappa shape index (κ1) is 16.5. The Kier molecular flexibility index (Phi) is 4.03. The van der Waals surface area contributed by atoms with Gasteiger partial charge in [-0.25, -0.2) is 23.1 Å². The van der Waals surface area contributed by atoms with Crippen LogP contribution >= 0.6 is 0 Å². The number of hydrogen-bond donors (Lipinski definition) is 1. The lowest BCUT2D eigenvalue weighted by Crippen LogP contribution is -2.37. The van der Waals surface area contributed by atoms with Crippen LogP contribution in [0.4, 0.5) is 24.9 Å². The van der Waals surface area contributed by atoms with Gasteiger partial charge in [-0.2, -0.15) is 9.97 Å². The van der Waals surface area contributed by atoms with Gasteiger partial charge in [0.25, 0.3) is 0 Å². The molecule has 1 aliphatic heterocycles. The molecule has 0 bridgehead atoms. The molecular weight excluding hydrogens is 349 g/mol. The van der Waals surface area contributed by atoms with Crippen LogP contribution in [0, 0.1) is 17.5 Å². The summed E-state index contributed by atoms with van der Waals surface area (Å²) < 4.78 is 45.6. The van der Waals surface area contributed by atoms with Crippen molar-refractivity contribution >= 4 is 22.9 Å². The number of nitrogen functional groups attached to an aromatic ring is 1. The van der Waals surface area contributed by atoms with Crippen LogP contribution < -0.4 is 10.6 Å². The molecule has 134 valence electrons. The van der Waals surface area contributed by atoms with E-state index in [9.17, 15) is 13.2 Å². The Bertz CT molecular complexity index is 970. The largest absolute Gasteiger partial charge is 0.378 e. The number of benzene rings is 1. The molecule has 0 atom stereocenters. The number of anilines is 2. The van der Waals surface area contributed by atoms with Crippen molar-refractivity contribution in [3.05, 3.63) is 35.8 Å². The van der Waals surface area contributed by atoms with Gasteiger partial charge in [-0.05, 0) is 12.1 Å². The van der Waals surface area contributed by atoms with Gasteiger partial charge in [0, 0.05) is 18.7 Å². The molecule has 0 unspecified atom stereocenters. The summed E-state index contributed by atoms with van der Waals surface area (Å²) in [5.74, 6) is -3.63. The predicted molar refractivity (Wildman–Crippen MR) is 87.9 cm³/mol. The quantitative estimate of drug-likeness (QED) is 0.697. The average Bonchev–Trinajstić information content (AvgIpc) is 2.65. The Morgan fingerprint density at radius 1 is 1.00 bits per heavy atom. The molecule has 0 radical (unpaired) electrons. The molecule has 1 fully saturated rings. The minimum Gasteiger partial charge on any atom is -0.378 e. The number of ether oxygens (including phenoxy) is 1. The van der Waals surface area contributed by atoms with Crippen LogP contribution in [0.25, 0.3) is 22.4 Å². The van der Waals surface area contributed by atoms with E-state index in [4.69, 9.17) is 10.5 Å². The number of rotatable bonds is 2. The molecule has 26 heavy (non-hydrogen) atoms. The van der Waals surface area contributed by atoms with Crippen LogP contribution in [-0.2, 0) is 4.74 Å². The maximum absolute atomic E-state index is 13.5. The smallest absolute Gasteiger partial charge is 0.224 e. The second kappa shape index (κ2) is 6.37. The highest BCUT2D eigenvalue weighted by atomic mass is 19.2. The monoisotopic (exact) mass is 362 g/mol. The summed E-state index contributed by atoms with van der Waals surface area (Å²) in [5, 5.41) is 0. The Labute approximate surface area is 145 Å². The first-order valence-corrected chi connectivity index (χ1v) is 7.81. The standard InChI is InChI=1S/C16H13F3N6O/c17-9-5-8(6-10(18)12(9)19)11-7-21-14-13(22-11)15(24-16(20)23-14)25-1-3-26-4-2-25/h5-7H,1-4H2,(H2,20,21,23,24). The van der Waals surface area contributed by atoms with Gasteiger partial charge in [0.1, 0.15) is 0 Å². The first-order valence-electron chi connectivity index (χ1n) is 7.81. The normalized spacial score (nSPS) is 14.8. The Balaban J connectivity index is 1.87. The van der Waals surface area contributed by atoms with Crippen molar-refractivity contribution < 1.29 is 17.9 Å². The van der Waals surface area contributed by atoms with Gasteiger partial charge in [-0.3, -0.25) is 0 Å². The van der Waals surface area contributed by atoms with E-state index in [0.717, 1.165) is 12.1 Å². The summed E-state index contributed by atoms with van der Waals surface area (Å²) in [7, 11) is 0. The molecule has 0 amide bonds. The Hall–Kier alpha value is -3.01. The number of aromatic nitrogens is 4. The molecule has 3 aromatic rings. The molecule has 1 aliphatic rings. The molecule has 2 aromatic heterocycles. The summed E-state index contributed by atoms with van der Waals surface area (Å²) >= 11 is 0. The van der Waals surface area contributed by atoms with Gasteiger partial charge >= 0.3 is 0 Å². The molecule has 2 N–H and O–H groups in total. The van der Waals surface area contributed by atoms with Crippen LogP contribution in [0.3, 0.4) is 0 Å². The molecule has 0 spiro atoms. The van der Waals surface area contributed by atoms with E-state index in [2.05, 4.69) is 19.9 Å². The third kappa shape index (κ3) is 2.88. The second-order valence-electron chi connectivity index (χ2n) is 5.69. The van der Waals surface area contributed by atoms with Crippen molar-refractivity contribution in [2.75, 3.05) is 36.9 Å². The van der Waals surface area contributed by atoms with E-state index in [1.165, 1.54) is 6.20 Å². The molecule has 7 nitrogen and oxygen atoms in total. The summed E-state index contributed by atoms with van der Waals surface area (Å²) in [6.45, 7) is 2.20. The minimum atomic E-state index is -1.53. The first-order chi connectivity index (χ1) is 12.5. The van der Waals surface area contributed by atoms with E-state index in [1.54, 1.807) is 0 Å². The maximum atomic E-state index is 13.5. The van der Waals surface area contributed by atoms with Gasteiger partial charge < -0.3 is 15.4 Å². The fourth-order valence-corrected chi connectivity index (χ4v) is 2.75. The number of fused-ring (bicyclic) bond motifs is 1. The summed E-state index contributed by atoms with van der Waals surface area (Å²) in [5.41, 5.74) is 6.56. The summed E-state index contributed by atoms with van der Waals surface area (Å²) in [6, 6.07) is 1.72. The lowest BCUT2D eigenvalue weighted by Gasteiger charge is -2.28. The zero-order valence-electron chi connectivity index (χ0n) is 13.4. The van der Waals surface area contributed by atoms with E-state index in [1.807, 2.05) is 4.90 Å². The molecule has 3 heterocycles. The third-order valence-electron chi connectivity index (χ3n) is 4.00. The predicted octanol–water partition coefficient (Wildman–Crippen LogP) is 1.92. The zero-order chi connectivity index (χ0) is 18.3. The topological polar surface area (TPSA) is 90.0 Å². The van der Waals surface area contributed by atoms with Crippen LogP contribution in [0.15, 0.2) is 18.3 Å². The Morgan fingerprint density at radius 3 is 2.38 bits per heavy atom. The van der Waals surface area contributed by atoms with Crippen molar-refractivity contribution in [2.45, 2.75) is 0 Å². The highest BCUT2D eigenvalue weighted by Crippen LogP contribution is 2.27. The molecule has 1 aromatic carbocycles. The highest BCUT2D eigenvalue weighted by molar-refractivity contribution is 5.85. The van der Waals surface area contributed by atoms with Crippen molar-refractivity contribution in [3.8, 4) is 11.3 Å². The number of halogens is 3. The molecule has 0 aliphatic carbocycles. The number of nitrogens with zero attached hydrogens (tertiary/aromatic N) is 5. The molecule has 1 saturated heterocycles. The Morgan fingerprint density at radius 2 is 1.69 bits per heavy atom. The van der Waals surface area contributed by atoms with Crippen molar-refractivity contribution in [2.24, 2.45) is 0 Å². The van der Waals surface area contributed by atoms with E-state index in [0.29, 0.717) is 37.6 Å². The van der Waals surface area contributed by atoms with Crippen LogP contribution in [0.5, 0.6) is 0 Å². The van der Waals surface area contributed by atoms with Crippen molar-refractivity contribution in [1.29, 1.82) is 0 Å². The number of nitrogens with two attached hydrogens (primary N) is 1. The van der Waals surface area contributed by atoms with Crippen molar-refractivity contribution in [1.82, 2.24) is 19.9 Å². The fraction of sp³-hybridized carbons (Fsp3) is 0.250. The molecule has 10 heteroatoms. The van der Waals surface area contributed by atoms with Crippen molar-refractivity contribution in [3.63, 3.8) is 0 Å². The zero-order valence-corrected chi connectivity index (χ0v) is 13.4. The lowest BCUT2D eigenvalue weighted by atomic mass is 10.1. The highest BCUT2D eigenvalue weighted by Gasteiger charge is 2.20. The minimum absolute atomic E-state index is 0.0416. The SMILES string of the molecule is Nc1nc(N2CCOCC2)c2nc(-c3cc(F)c(F)c(F)c3)cnc2n1. The maximum Gasteiger partial charge on any atom is 0.224 e. The number of hydrogen-bond acceptors (Lipinski definition) is 7. The van der Waals surface area contributed by atoms with E-state index in [-0.39, 0.29) is 22.9 Å². The van der Waals surface area contributed by atoms with Gasteiger partial charge in [0.2, 0.25) is 5.95 Å². The molecule has 4 rings (SSSR count). The van der Waals surface area contributed by atoms with E-state index < -0.39 is 17.5 Å². The van der Waals surface area contributed by atoms with Gasteiger partial charge in [-0.1, -0.05) is 0 Å². The number of morpholine rings is 1. The lowest BCUT2D eigenvalue weighted by molar-refractivity contribution is 0.122. The fourth-order valence-electron chi connectivity index (χ4n) is 2.75. The van der Waals surface area contributed by atoms with E-state index >= 15 is 0 Å². The van der Waals surface area contributed by atoms with Crippen LogP contribution in [0.1, 0.15) is 0 Å². The summed E-state index contributed by atoms with van der Waals surface area (Å²) in [4.78, 5) is 18.8. The van der Waals surface area contributed by atoms with Gasteiger partial charge in [0.05, 0.1) is 25.1 Å². The van der Waals surface area contributed by atoms with Gasteiger partial charge in [0.15, 0.2) is 34.4 Å². The van der Waals surface area contributed by atoms with Crippen LogP contribution in [0.2, 0.25) is 0 Å². The van der Waals surface area contributed by atoms with Gasteiger partial charge in [-0.15, -0.1) is 0 Å². The van der Waals surface area contributed by atoms with Crippen LogP contribution in [-0.4, -0.2) is 46.2 Å². The molecule has 0 saturated carbocycles. The molecular formula is C16H13F3N6O. The average molecular weight is 362 g/mol. The second-order valence-corrected chi connectivity index (χ2v) is 5.69. The summed E-state index contributed by atoms with van der Waals surface area (Å²) in [6.07, 6.45) is 1.30. The third-order valence-corrected chi connectivity index (χ3v) is 4.00.